The first kappa shape index (κ1) is 19.0. The minimum Gasteiger partial charge on any atom is -0.478 e. The molecule has 4 rings (SSSR count). The third-order valence-electron chi connectivity index (χ3n) is 4.29. The normalized spacial score (nSPS) is 11.1. The Morgan fingerprint density at radius 3 is 2.72 bits per heavy atom. The molecule has 0 spiro atoms. The first-order valence-corrected chi connectivity index (χ1v) is 9.76. The number of aryl methyl sites for hydroxylation is 2. The molecule has 0 amide bonds. The molecule has 29 heavy (non-hydrogen) atoms. The molecule has 148 valence electrons. The van der Waals surface area contributed by atoms with Crippen molar-refractivity contribution in [3.63, 3.8) is 0 Å². The second kappa shape index (κ2) is 7.59. The van der Waals surface area contributed by atoms with E-state index in [2.05, 4.69) is 15.1 Å². The number of carbonyl (C=O) groups is 1. The molecule has 8 nitrogen and oxygen atoms in total. The predicted octanol–water partition coefficient (Wildman–Crippen LogP) is 4.78. The summed E-state index contributed by atoms with van der Waals surface area (Å²) in [5.41, 5.74) is 3.31. The predicted molar refractivity (Wildman–Crippen MR) is 108 cm³/mol. The molecule has 0 bridgehead atoms. The Hall–Kier alpha value is -3.33. The van der Waals surface area contributed by atoms with Crippen molar-refractivity contribution in [3.8, 4) is 17.1 Å². The molecule has 1 N–H and O–H groups in total. The fourth-order valence-corrected chi connectivity index (χ4v) is 4.05. The minimum absolute atomic E-state index is 0.345. The van der Waals surface area contributed by atoms with Crippen molar-refractivity contribution in [1.29, 1.82) is 0 Å². The van der Waals surface area contributed by atoms with Crippen molar-refractivity contribution in [2.45, 2.75) is 30.8 Å². The maximum absolute atomic E-state index is 11.9. The van der Waals surface area contributed by atoms with E-state index in [1.807, 2.05) is 32.9 Å². The van der Waals surface area contributed by atoms with Crippen LogP contribution >= 0.6 is 11.8 Å². The highest BCUT2D eigenvalue weighted by molar-refractivity contribution is 7.99. The third-order valence-corrected chi connectivity index (χ3v) is 5.22. The number of ether oxygens (including phenoxy) is 1. The maximum atomic E-state index is 11.9. The minimum atomic E-state index is -1.09. The van der Waals surface area contributed by atoms with Crippen molar-refractivity contribution in [2.24, 2.45) is 0 Å². The number of pyridine rings is 1. The first-order valence-electron chi connectivity index (χ1n) is 8.94. The molecule has 1 aromatic carbocycles. The number of hydrogen-bond acceptors (Lipinski definition) is 7. The number of fused-ring (bicyclic) bond motifs is 1. The number of imidazole rings is 1. The number of nitrogens with zero attached hydrogens (tertiary/aromatic N) is 4. The molecule has 0 saturated heterocycles. The molecule has 0 aliphatic rings. The van der Waals surface area contributed by atoms with Crippen LogP contribution in [-0.2, 0) is 0 Å². The fourth-order valence-electron chi connectivity index (χ4n) is 3.10. The van der Waals surface area contributed by atoms with Crippen LogP contribution in [0.25, 0.3) is 22.3 Å². The van der Waals surface area contributed by atoms with Crippen LogP contribution in [0.1, 0.15) is 18.4 Å². The molecule has 3 aromatic heterocycles. The molecular formula is C20H18N4O4S. The van der Waals surface area contributed by atoms with Crippen LogP contribution in [-0.4, -0.2) is 37.5 Å². The van der Waals surface area contributed by atoms with E-state index in [1.165, 1.54) is 16.3 Å². The van der Waals surface area contributed by atoms with Gasteiger partial charge in [-0.05, 0) is 39.0 Å². The Balaban J connectivity index is 1.83. The Labute approximate surface area is 170 Å². The summed E-state index contributed by atoms with van der Waals surface area (Å²) in [6.07, 6.45) is -1.09. The fraction of sp³-hybridized carbons (Fsp3) is 0.200. The summed E-state index contributed by atoms with van der Waals surface area (Å²) in [5, 5.41) is 14.0. The number of carboxylic acid groups (broad SMARTS) is 1. The monoisotopic (exact) mass is 410 g/mol. The Morgan fingerprint density at radius 1 is 1.24 bits per heavy atom. The van der Waals surface area contributed by atoms with E-state index in [-0.39, 0.29) is 0 Å². The lowest BCUT2D eigenvalue weighted by molar-refractivity contribution is 0.195. The SMILES string of the molecule is CCOc1cc(Sc2nc3ccccc3n2C(=O)O)cc(-c2c(C)noc2C)n1. The molecule has 4 aromatic rings. The highest BCUT2D eigenvalue weighted by atomic mass is 32.2. The zero-order valence-corrected chi connectivity index (χ0v) is 16.9. The third kappa shape index (κ3) is 3.56. The standard InChI is InChI=1S/C20H18N4O4S/c1-4-27-17-10-13(9-15(21-17)18-11(2)23-28-12(18)3)29-19-22-14-7-5-6-8-16(14)24(19)20(25)26/h5-10H,4H2,1-3H3,(H,25,26). The van der Waals surface area contributed by atoms with Gasteiger partial charge >= 0.3 is 6.09 Å². The van der Waals surface area contributed by atoms with Crippen LogP contribution in [0.2, 0.25) is 0 Å². The largest absolute Gasteiger partial charge is 0.478 e. The summed E-state index contributed by atoms with van der Waals surface area (Å²) in [6, 6.07) is 10.7. The van der Waals surface area contributed by atoms with E-state index in [0.29, 0.717) is 40.1 Å². The zero-order valence-electron chi connectivity index (χ0n) is 16.0. The van der Waals surface area contributed by atoms with Gasteiger partial charge in [-0.25, -0.2) is 19.3 Å². The topological polar surface area (TPSA) is 103 Å². The van der Waals surface area contributed by atoms with Gasteiger partial charge < -0.3 is 14.4 Å². The number of hydrogen-bond donors (Lipinski definition) is 1. The molecule has 0 atom stereocenters. The van der Waals surface area contributed by atoms with Crippen LogP contribution in [0.15, 0.2) is 51.0 Å². The second-order valence-electron chi connectivity index (χ2n) is 6.26. The van der Waals surface area contributed by atoms with Crippen LogP contribution in [0.4, 0.5) is 4.79 Å². The van der Waals surface area contributed by atoms with Gasteiger partial charge in [-0.2, -0.15) is 0 Å². The summed E-state index contributed by atoms with van der Waals surface area (Å²) < 4.78 is 12.1. The van der Waals surface area contributed by atoms with Gasteiger partial charge in [0.2, 0.25) is 5.88 Å². The van der Waals surface area contributed by atoms with Gasteiger partial charge in [0.25, 0.3) is 0 Å². The number of para-hydroxylation sites is 2. The van der Waals surface area contributed by atoms with E-state index < -0.39 is 6.09 Å². The lowest BCUT2D eigenvalue weighted by Crippen LogP contribution is -2.08. The Kier molecular flexibility index (Phi) is 4.98. The molecule has 9 heteroatoms. The van der Waals surface area contributed by atoms with Crippen LogP contribution in [0.5, 0.6) is 5.88 Å². The average Bonchev–Trinajstić information content (AvgIpc) is 3.21. The highest BCUT2D eigenvalue weighted by Crippen LogP contribution is 2.35. The number of rotatable bonds is 5. The molecular weight excluding hydrogens is 392 g/mol. The molecule has 0 radical (unpaired) electrons. The van der Waals surface area contributed by atoms with Crippen LogP contribution in [0, 0.1) is 13.8 Å². The van der Waals surface area contributed by atoms with Crippen molar-refractivity contribution >= 4 is 28.9 Å². The van der Waals surface area contributed by atoms with E-state index >= 15 is 0 Å². The zero-order chi connectivity index (χ0) is 20.5. The van der Waals surface area contributed by atoms with E-state index in [4.69, 9.17) is 9.26 Å². The van der Waals surface area contributed by atoms with E-state index in [1.54, 1.807) is 24.3 Å². The van der Waals surface area contributed by atoms with E-state index in [9.17, 15) is 9.90 Å². The van der Waals surface area contributed by atoms with Gasteiger partial charge in [0.1, 0.15) is 5.76 Å². The van der Waals surface area contributed by atoms with Crippen LogP contribution < -0.4 is 4.74 Å². The van der Waals surface area contributed by atoms with Gasteiger partial charge in [-0.3, -0.25) is 0 Å². The van der Waals surface area contributed by atoms with Gasteiger partial charge in [0.05, 0.1) is 34.6 Å². The van der Waals surface area contributed by atoms with Gasteiger partial charge in [-0.1, -0.05) is 29.1 Å². The molecule has 3 heterocycles. The Morgan fingerprint density at radius 2 is 2.03 bits per heavy atom. The molecule has 0 saturated carbocycles. The van der Waals surface area contributed by atoms with Crippen molar-refractivity contribution in [3.05, 3.63) is 47.9 Å². The summed E-state index contributed by atoms with van der Waals surface area (Å²) in [7, 11) is 0. The average molecular weight is 410 g/mol. The summed E-state index contributed by atoms with van der Waals surface area (Å²) >= 11 is 1.23. The molecule has 0 aliphatic heterocycles. The van der Waals surface area contributed by atoms with Crippen molar-refractivity contribution in [1.82, 2.24) is 19.7 Å². The molecule has 0 fully saturated rings. The smallest absolute Gasteiger partial charge is 0.418 e. The van der Waals surface area contributed by atoms with Crippen LogP contribution in [0.3, 0.4) is 0 Å². The lowest BCUT2D eigenvalue weighted by atomic mass is 10.1. The maximum Gasteiger partial charge on any atom is 0.418 e. The summed E-state index contributed by atoms with van der Waals surface area (Å²) in [5.74, 6) is 1.09. The van der Waals surface area contributed by atoms with Gasteiger partial charge in [0.15, 0.2) is 5.16 Å². The van der Waals surface area contributed by atoms with Crippen molar-refractivity contribution in [2.75, 3.05) is 6.61 Å². The lowest BCUT2D eigenvalue weighted by Gasteiger charge is -2.09. The van der Waals surface area contributed by atoms with Crippen molar-refractivity contribution < 1.29 is 19.2 Å². The number of benzene rings is 1. The molecule has 0 aliphatic carbocycles. The van der Waals surface area contributed by atoms with Gasteiger partial charge in [0, 0.05) is 11.0 Å². The summed E-state index contributed by atoms with van der Waals surface area (Å²) in [4.78, 5) is 21.6. The second-order valence-corrected chi connectivity index (χ2v) is 7.30. The Bertz CT molecular complexity index is 1200. The quantitative estimate of drug-likeness (QED) is 0.501. The van der Waals surface area contributed by atoms with E-state index in [0.717, 1.165) is 16.2 Å². The first-order chi connectivity index (χ1) is 14.0. The molecule has 0 unspecified atom stereocenters. The number of aromatic nitrogens is 4. The van der Waals surface area contributed by atoms with Gasteiger partial charge in [-0.15, -0.1) is 0 Å². The highest BCUT2D eigenvalue weighted by Gasteiger charge is 2.19. The summed E-state index contributed by atoms with van der Waals surface area (Å²) in [6.45, 7) is 6.00.